The predicted molar refractivity (Wildman–Crippen MR) is 119 cm³/mol. The van der Waals surface area contributed by atoms with Crippen LogP contribution in [0, 0.1) is 0 Å². The Balaban J connectivity index is 1.56. The largest absolute Gasteiger partial charge is 0.460 e. The van der Waals surface area contributed by atoms with Crippen LogP contribution in [0.2, 0.25) is 0 Å². The molecule has 4 rings (SSSR count). The van der Waals surface area contributed by atoms with Crippen LogP contribution in [0.4, 0.5) is 0 Å². The second kappa shape index (κ2) is 9.29. The fourth-order valence-electron chi connectivity index (χ4n) is 4.29. The van der Waals surface area contributed by atoms with E-state index < -0.39 is 0 Å². The number of nitrogens with one attached hydrogen (secondary N) is 1. The molecule has 1 aliphatic carbocycles. The number of unbranched alkanes of at least 4 members (excludes halogenated alkanes) is 1. The molecule has 0 spiro atoms. The molecule has 1 fully saturated rings. The van der Waals surface area contributed by atoms with Crippen molar-refractivity contribution < 1.29 is 14.0 Å². The summed E-state index contributed by atoms with van der Waals surface area (Å²) in [6.45, 7) is 2.13. The first-order chi connectivity index (χ1) is 14.7. The van der Waals surface area contributed by atoms with Gasteiger partial charge in [-0.3, -0.25) is 9.59 Å². The number of fused-ring (bicyclic) bond motifs is 1. The van der Waals surface area contributed by atoms with Gasteiger partial charge in [-0.05, 0) is 37.5 Å². The number of benzene rings is 2. The molecule has 1 aromatic heterocycles. The maximum atomic E-state index is 13.3. The minimum Gasteiger partial charge on any atom is -0.460 e. The zero-order valence-corrected chi connectivity index (χ0v) is 17.6. The number of aryl methyl sites for hydroxylation is 1. The molecular formula is C26H29NO3. The third-order valence-corrected chi connectivity index (χ3v) is 6.00. The van der Waals surface area contributed by atoms with Gasteiger partial charge in [0.15, 0.2) is 5.78 Å². The molecule has 156 valence electrons. The van der Waals surface area contributed by atoms with Crippen molar-refractivity contribution in [3.63, 3.8) is 0 Å². The molecule has 1 saturated carbocycles. The Morgan fingerprint density at radius 1 is 0.967 bits per heavy atom. The van der Waals surface area contributed by atoms with E-state index in [0.717, 1.165) is 48.8 Å². The Labute approximate surface area is 177 Å². The first-order valence-electron chi connectivity index (χ1n) is 11.1. The summed E-state index contributed by atoms with van der Waals surface area (Å²) in [6.07, 6.45) is 8.47. The second-order valence-electron chi connectivity index (χ2n) is 8.21. The second-order valence-corrected chi connectivity index (χ2v) is 8.21. The molecule has 0 aliphatic heterocycles. The lowest BCUT2D eigenvalue weighted by Gasteiger charge is -2.22. The maximum Gasteiger partial charge on any atom is 0.251 e. The van der Waals surface area contributed by atoms with Gasteiger partial charge in [-0.2, -0.15) is 0 Å². The van der Waals surface area contributed by atoms with Crippen molar-refractivity contribution in [2.24, 2.45) is 0 Å². The van der Waals surface area contributed by atoms with Gasteiger partial charge in [0.05, 0.1) is 5.56 Å². The number of amides is 1. The first-order valence-corrected chi connectivity index (χ1v) is 11.1. The average Bonchev–Trinajstić information content (AvgIpc) is 3.16. The molecule has 4 heteroatoms. The van der Waals surface area contributed by atoms with E-state index >= 15 is 0 Å². The van der Waals surface area contributed by atoms with E-state index in [1.807, 2.05) is 24.3 Å². The first kappa shape index (κ1) is 20.4. The molecule has 0 bridgehead atoms. The molecule has 0 unspecified atom stereocenters. The third-order valence-electron chi connectivity index (χ3n) is 6.00. The smallest absolute Gasteiger partial charge is 0.251 e. The van der Waals surface area contributed by atoms with Crippen LogP contribution in [0.25, 0.3) is 11.0 Å². The minimum absolute atomic E-state index is 0.0507. The number of hydrogen-bond donors (Lipinski definition) is 1. The monoisotopic (exact) mass is 403 g/mol. The van der Waals surface area contributed by atoms with E-state index in [2.05, 4.69) is 12.2 Å². The van der Waals surface area contributed by atoms with Crippen molar-refractivity contribution in [1.82, 2.24) is 5.32 Å². The summed E-state index contributed by atoms with van der Waals surface area (Å²) < 4.78 is 6.01. The highest BCUT2D eigenvalue weighted by atomic mass is 16.3. The Morgan fingerprint density at radius 2 is 1.67 bits per heavy atom. The van der Waals surface area contributed by atoms with Gasteiger partial charge in [-0.1, -0.05) is 62.9 Å². The van der Waals surface area contributed by atoms with Crippen LogP contribution in [0.3, 0.4) is 0 Å². The minimum atomic E-state index is -0.0571. The summed E-state index contributed by atoms with van der Waals surface area (Å²) >= 11 is 0. The fourth-order valence-corrected chi connectivity index (χ4v) is 4.29. The van der Waals surface area contributed by atoms with Gasteiger partial charge in [-0.25, -0.2) is 0 Å². The number of carbonyl (C=O) groups excluding carboxylic acids is 2. The SMILES string of the molecule is CCCCc1oc2ccccc2c1C(=O)c1ccc(C(=O)NC2CCCCC2)cc1. The molecule has 1 heterocycles. The van der Waals surface area contributed by atoms with Gasteiger partial charge in [0.25, 0.3) is 5.91 Å². The number of rotatable bonds is 7. The fraction of sp³-hybridized carbons (Fsp3) is 0.385. The Kier molecular flexibility index (Phi) is 6.32. The Morgan fingerprint density at radius 3 is 2.40 bits per heavy atom. The van der Waals surface area contributed by atoms with Gasteiger partial charge >= 0.3 is 0 Å². The van der Waals surface area contributed by atoms with Crippen molar-refractivity contribution in [2.75, 3.05) is 0 Å². The van der Waals surface area contributed by atoms with E-state index in [1.165, 1.54) is 19.3 Å². The Hall–Kier alpha value is -2.88. The molecule has 4 nitrogen and oxygen atoms in total. The summed E-state index contributed by atoms with van der Waals surface area (Å²) in [5, 5.41) is 3.98. The van der Waals surface area contributed by atoms with Gasteiger partial charge in [0, 0.05) is 29.0 Å². The summed E-state index contributed by atoms with van der Waals surface area (Å²) in [6, 6.07) is 15.0. The van der Waals surface area contributed by atoms with Crippen molar-refractivity contribution >= 4 is 22.7 Å². The zero-order chi connectivity index (χ0) is 20.9. The normalized spacial score (nSPS) is 14.7. The van der Waals surface area contributed by atoms with Gasteiger partial charge < -0.3 is 9.73 Å². The summed E-state index contributed by atoms with van der Waals surface area (Å²) in [4.78, 5) is 25.9. The summed E-state index contributed by atoms with van der Waals surface area (Å²) in [7, 11) is 0. The molecule has 2 aromatic carbocycles. The molecular weight excluding hydrogens is 374 g/mol. The number of para-hydroxylation sites is 1. The number of furan rings is 1. The van der Waals surface area contributed by atoms with Crippen LogP contribution >= 0.6 is 0 Å². The van der Waals surface area contributed by atoms with Crippen LogP contribution in [0.1, 0.15) is 83.9 Å². The third kappa shape index (κ3) is 4.33. The van der Waals surface area contributed by atoms with Crippen LogP contribution < -0.4 is 5.32 Å². The van der Waals surface area contributed by atoms with Gasteiger partial charge in [0.1, 0.15) is 11.3 Å². The highest BCUT2D eigenvalue weighted by Gasteiger charge is 2.22. The van der Waals surface area contributed by atoms with Crippen molar-refractivity contribution in [1.29, 1.82) is 0 Å². The molecule has 1 aliphatic rings. The van der Waals surface area contributed by atoms with Crippen molar-refractivity contribution in [3.8, 4) is 0 Å². The number of ketones is 1. The van der Waals surface area contributed by atoms with Crippen LogP contribution in [0.15, 0.2) is 52.9 Å². The lowest BCUT2D eigenvalue weighted by Crippen LogP contribution is -2.36. The lowest BCUT2D eigenvalue weighted by atomic mass is 9.95. The lowest BCUT2D eigenvalue weighted by molar-refractivity contribution is 0.0926. The molecule has 1 N–H and O–H groups in total. The van der Waals surface area contributed by atoms with Crippen LogP contribution in [-0.2, 0) is 6.42 Å². The van der Waals surface area contributed by atoms with E-state index in [0.29, 0.717) is 16.7 Å². The summed E-state index contributed by atoms with van der Waals surface area (Å²) in [5.41, 5.74) is 2.57. The highest BCUT2D eigenvalue weighted by molar-refractivity contribution is 6.17. The molecule has 3 aromatic rings. The predicted octanol–water partition coefficient (Wildman–Crippen LogP) is 6.07. The summed E-state index contributed by atoms with van der Waals surface area (Å²) in [5.74, 6) is 0.644. The van der Waals surface area contributed by atoms with Crippen molar-refractivity contribution in [2.45, 2.75) is 64.3 Å². The maximum absolute atomic E-state index is 13.3. The quantitative estimate of drug-likeness (QED) is 0.487. The van der Waals surface area contributed by atoms with Crippen LogP contribution in [-0.4, -0.2) is 17.7 Å². The Bertz CT molecular complexity index is 1030. The molecule has 30 heavy (non-hydrogen) atoms. The highest BCUT2D eigenvalue weighted by Crippen LogP contribution is 2.29. The van der Waals surface area contributed by atoms with E-state index in [-0.39, 0.29) is 17.7 Å². The number of hydrogen-bond acceptors (Lipinski definition) is 3. The molecule has 0 radical (unpaired) electrons. The standard InChI is InChI=1S/C26H29NO3/c1-2-3-12-23-24(21-11-7-8-13-22(21)30-23)25(28)18-14-16-19(17-15-18)26(29)27-20-9-5-4-6-10-20/h7-8,11,13-17,20H,2-6,9-10,12H2,1H3,(H,27,29). The molecule has 0 atom stereocenters. The topological polar surface area (TPSA) is 59.3 Å². The van der Waals surface area contributed by atoms with E-state index in [9.17, 15) is 9.59 Å². The van der Waals surface area contributed by atoms with Crippen LogP contribution in [0.5, 0.6) is 0 Å². The van der Waals surface area contributed by atoms with E-state index in [1.54, 1.807) is 24.3 Å². The average molecular weight is 404 g/mol. The van der Waals surface area contributed by atoms with Gasteiger partial charge in [0.2, 0.25) is 0 Å². The molecule has 1 amide bonds. The zero-order valence-electron chi connectivity index (χ0n) is 17.6. The van der Waals surface area contributed by atoms with E-state index in [4.69, 9.17) is 4.42 Å². The number of carbonyl (C=O) groups is 2. The molecule has 0 saturated heterocycles. The van der Waals surface area contributed by atoms with Crippen molar-refractivity contribution in [3.05, 3.63) is 71.0 Å². The van der Waals surface area contributed by atoms with Gasteiger partial charge in [-0.15, -0.1) is 0 Å².